The van der Waals surface area contributed by atoms with Gasteiger partial charge in [0.1, 0.15) is 18.1 Å². The van der Waals surface area contributed by atoms with Crippen LogP contribution in [0.3, 0.4) is 0 Å². The molecule has 0 amide bonds. The number of nitrogens with two attached hydrogens (primary N) is 1. The van der Waals surface area contributed by atoms with E-state index in [1.165, 1.54) is 5.56 Å². The van der Waals surface area contributed by atoms with E-state index >= 15 is 0 Å². The highest BCUT2D eigenvalue weighted by Crippen LogP contribution is 2.24. The number of hydrogen-bond donors (Lipinski definition) is 1. The number of benzene rings is 1. The predicted molar refractivity (Wildman–Crippen MR) is 72.7 cm³/mol. The maximum absolute atomic E-state index is 5.76. The summed E-state index contributed by atoms with van der Waals surface area (Å²) in [5.74, 6) is 1.95. The van der Waals surface area contributed by atoms with Crippen molar-refractivity contribution in [2.75, 3.05) is 13.2 Å². The van der Waals surface area contributed by atoms with Crippen LogP contribution in [0.25, 0.3) is 0 Å². The number of nitrogens with zero attached hydrogens (tertiary/aromatic N) is 1. The zero-order valence-corrected chi connectivity index (χ0v) is 10.8. The van der Waals surface area contributed by atoms with Gasteiger partial charge < -0.3 is 14.9 Å². The quantitative estimate of drug-likeness (QED) is 0.916. The molecule has 0 unspecified atom stereocenters. The van der Waals surface area contributed by atoms with E-state index in [1.54, 1.807) is 6.26 Å². The summed E-state index contributed by atoms with van der Waals surface area (Å²) in [6.07, 6.45) is 1.71. The number of fused-ring (bicyclic) bond motifs is 1. The van der Waals surface area contributed by atoms with Crippen LogP contribution in [-0.4, -0.2) is 18.1 Å². The molecule has 0 aliphatic carbocycles. The first-order valence-corrected chi connectivity index (χ1v) is 6.55. The van der Waals surface area contributed by atoms with Gasteiger partial charge in [-0.05, 0) is 12.1 Å². The summed E-state index contributed by atoms with van der Waals surface area (Å²) in [6.45, 7) is 3.76. The molecule has 100 valence electrons. The maximum atomic E-state index is 5.76. The zero-order chi connectivity index (χ0) is 13.1. The molecule has 2 N–H and O–H groups in total. The molecule has 0 spiro atoms. The highest BCUT2D eigenvalue weighted by atomic mass is 16.5. The van der Waals surface area contributed by atoms with Gasteiger partial charge in [-0.25, -0.2) is 0 Å². The minimum atomic E-state index is 0.521. The Labute approximate surface area is 112 Å². The second kappa shape index (κ2) is 5.47. The van der Waals surface area contributed by atoms with Gasteiger partial charge in [0.15, 0.2) is 0 Å². The minimum Gasteiger partial charge on any atom is -0.492 e. The van der Waals surface area contributed by atoms with Gasteiger partial charge in [-0.1, -0.05) is 18.2 Å². The van der Waals surface area contributed by atoms with E-state index in [-0.39, 0.29) is 0 Å². The SMILES string of the molecule is NCc1ccoc1CN1CCOc2ccccc2C1. The molecule has 19 heavy (non-hydrogen) atoms. The van der Waals surface area contributed by atoms with Crippen LogP contribution in [-0.2, 0) is 19.6 Å². The van der Waals surface area contributed by atoms with E-state index in [4.69, 9.17) is 14.9 Å². The van der Waals surface area contributed by atoms with Gasteiger partial charge in [0, 0.05) is 30.8 Å². The molecule has 0 atom stereocenters. The Morgan fingerprint density at radius 2 is 2.11 bits per heavy atom. The molecular weight excluding hydrogens is 240 g/mol. The van der Waals surface area contributed by atoms with Crippen molar-refractivity contribution in [2.45, 2.75) is 19.6 Å². The molecule has 0 bridgehead atoms. The van der Waals surface area contributed by atoms with Crippen LogP contribution < -0.4 is 10.5 Å². The fourth-order valence-corrected chi connectivity index (χ4v) is 2.41. The Bertz CT molecular complexity index is 551. The lowest BCUT2D eigenvalue weighted by Crippen LogP contribution is -2.25. The molecule has 1 aliphatic rings. The molecule has 2 aromatic rings. The Morgan fingerprint density at radius 3 is 3.00 bits per heavy atom. The van der Waals surface area contributed by atoms with Crippen molar-refractivity contribution in [3.8, 4) is 5.75 Å². The van der Waals surface area contributed by atoms with Gasteiger partial charge in [0.25, 0.3) is 0 Å². The third kappa shape index (κ3) is 2.64. The first-order chi connectivity index (χ1) is 9.36. The lowest BCUT2D eigenvalue weighted by molar-refractivity contribution is 0.206. The van der Waals surface area contributed by atoms with Crippen molar-refractivity contribution in [3.05, 3.63) is 53.5 Å². The fraction of sp³-hybridized carbons (Fsp3) is 0.333. The van der Waals surface area contributed by atoms with E-state index in [2.05, 4.69) is 11.0 Å². The van der Waals surface area contributed by atoms with Crippen molar-refractivity contribution in [1.82, 2.24) is 4.90 Å². The molecule has 1 aliphatic heterocycles. The molecule has 1 aromatic heterocycles. The van der Waals surface area contributed by atoms with Crippen LogP contribution in [0, 0.1) is 0 Å². The lowest BCUT2D eigenvalue weighted by Gasteiger charge is -2.18. The summed E-state index contributed by atoms with van der Waals surface area (Å²) >= 11 is 0. The summed E-state index contributed by atoms with van der Waals surface area (Å²) < 4.78 is 11.3. The normalized spacial score (nSPS) is 15.6. The Balaban J connectivity index is 1.76. The molecular formula is C15H18N2O2. The van der Waals surface area contributed by atoms with Crippen LogP contribution in [0.4, 0.5) is 0 Å². The molecule has 0 radical (unpaired) electrons. The average molecular weight is 258 g/mol. The van der Waals surface area contributed by atoms with Gasteiger partial charge in [0.05, 0.1) is 12.8 Å². The Hall–Kier alpha value is -1.78. The molecule has 4 nitrogen and oxygen atoms in total. The zero-order valence-electron chi connectivity index (χ0n) is 10.8. The van der Waals surface area contributed by atoms with E-state index < -0.39 is 0 Å². The number of rotatable bonds is 3. The average Bonchev–Trinajstić information content (AvgIpc) is 2.77. The van der Waals surface area contributed by atoms with Gasteiger partial charge >= 0.3 is 0 Å². The maximum Gasteiger partial charge on any atom is 0.123 e. The molecule has 2 heterocycles. The smallest absolute Gasteiger partial charge is 0.123 e. The van der Waals surface area contributed by atoms with Gasteiger partial charge in [-0.15, -0.1) is 0 Å². The van der Waals surface area contributed by atoms with Crippen molar-refractivity contribution >= 4 is 0 Å². The lowest BCUT2D eigenvalue weighted by atomic mass is 10.2. The molecule has 3 rings (SSSR count). The highest BCUT2D eigenvalue weighted by molar-refractivity contribution is 5.33. The van der Waals surface area contributed by atoms with Crippen LogP contribution in [0.5, 0.6) is 5.75 Å². The third-order valence-electron chi connectivity index (χ3n) is 3.46. The van der Waals surface area contributed by atoms with Gasteiger partial charge in [-0.2, -0.15) is 0 Å². The van der Waals surface area contributed by atoms with E-state index in [0.29, 0.717) is 13.2 Å². The third-order valence-corrected chi connectivity index (χ3v) is 3.46. The van der Waals surface area contributed by atoms with Crippen LogP contribution >= 0.6 is 0 Å². The molecule has 4 heteroatoms. The van der Waals surface area contributed by atoms with Crippen molar-refractivity contribution in [3.63, 3.8) is 0 Å². The molecule has 1 aromatic carbocycles. The molecule has 0 saturated heterocycles. The number of furan rings is 1. The molecule has 0 fully saturated rings. The van der Waals surface area contributed by atoms with Crippen LogP contribution in [0.15, 0.2) is 41.0 Å². The van der Waals surface area contributed by atoms with Crippen molar-refractivity contribution < 1.29 is 9.15 Å². The summed E-state index contributed by atoms with van der Waals surface area (Å²) in [6, 6.07) is 10.1. The largest absolute Gasteiger partial charge is 0.492 e. The Morgan fingerprint density at radius 1 is 1.21 bits per heavy atom. The summed E-state index contributed by atoms with van der Waals surface area (Å²) in [5, 5.41) is 0. The van der Waals surface area contributed by atoms with Gasteiger partial charge in [0.2, 0.25) is 0 Å². The van der Waals surface area contributed by atoms with Crippen LogP contribution in [0.2, 0.25) is 0 Å². The topological polar surface area (TPSA) is 51.6 Å². The monoisotopic (exact) mass is 258 g/mol. The standard InChI is InChI=1S/C15H18N2O2/c16-9-12-5-7-18-15(12)11-17-6-8-19-14-4-2-1-3-13(14)10-17/h1-5,7H,6,8-11,16H2. The van der Waals surface area contributed by atoms with Crippen molar-refractivity contribution in [2.24, 2.45) is 5.73 Å². The number of hydrogen-bond acceptors (Lipinski definition) is 4. The van der Waals surface area contributed by atoms with Crippen molar-refractivity contribution in [1.29, 1.82) is 0 Å². The summed E-state index contributed by atoms with van der Waals surface area (Å²) in [5.41, 5.74) is 8.01. The number of para-hydroxylation sites is 1. The summed E-state index contributed by atoms with van der Waals surface area (Å²) in [7, 11) is 0. The fourth-order valence-electron chi connectivity index (χ4n) is 2.41. The number of ether oxygens (including phenoxy) is 1. The molecule has 0 saturated carbocycles. The predicted octanol–water partition coefficient (Wildman–Crippen LogP) is 2.13. The summed E-state index contributed by atoms with van der Waals surface area (Å²) in [4.78, 5) is 2.32. The van der Waals surface area contributed by atoms with E-state index in [0.717, 1.165) is 36.7 Å². The second-order valence-electron chi connectivity index (χ2n) is 4.74. The van der Waals surface area contributed by atoms with E-state index in [9.17, 15) is 0 Å². The minimum absolute atomic E-state index is 0.521. The highest BCUT2D eigenvalue weighted by Gasteiger charge is 2.17. The second-order valence-corrected chi connectivity index (χ2v) is 4.74. The Kier molecular flexibility index (Phi) is 3.53. The van der Waals surface area contributed by atoms with Gasteiger partial charge in [-0.3, -0.25) is 4.90 Å². The van der Waals surface area contributed by atoms with Crippen LogP contribution in [0.1, 0.15) is 16.9 Å². The first kappa shape index (κ1) is 12.3. The first-order valence-electron chi connectivity index (χ1n) is 6.55. The van der Waals surface area contributed by atoms with E-state index in [1.807, 2.05) is 24.3 Å².